The third kappa shape index (κ3) is 3.20. The van der Waals surface area contributed by atoms with Crippen LogP contribution in [0.15, 0.2) is 18.3 Å². The molecular formula is C16H22ClN3O2. The highest BCUT2D eigenvalue weighted by atomic mass is 35.5. The number of nitrogens with zero attached hydrogens (tertiary/aromatic N) is 3. The van der Waals surface area contributed by atoms with E-state index in [-0.39, 0.29) is 17.9 Å². The molecule has 0 saturated carbocycles. The van der Waals surface area contributed by atoms with Crippen LogP contribution < -0.4 is 4.90 Å². The topological polar surface area (TPSA) is 45.7 Å². The van der Waals surface area contributed by atoms with Gasteiger partial charge in [0.05, 0.1) is 17.0 Å². The molecule has 0 N–H and O–H groups in total. The lowest BCUT2D eigenvalue weighted by Gasteiger charge is -2.39. The smallest absolute Gasteiger partial charge is 0.228 e. The minimum Gasteiger partial charge on any atom is -0.378 e. The number of halogens is 1. The summed E-state index contributed by atoms with van der Waals surface area (Å²) in [5.74, 6) is 1.06. The highest BCUT2D eigenvalue weighted by Crippen LogP contribution is 2.26. The Morgan fingerprint density at radius 3 is 2.82 bits per heavy atom. The first-order chi connectivity index (χ1) is 10.7. The second-order valence-electron chi connectivity index (χ2n) is 5.95. The molecule has 2 saturated heterocycles. The summed E-state index contributed by atoms with van der Waals surface area (Å²) in [5, 5.41) is 0.663. The van der Waals surface area contributed by atoms with Crippen molar-refractivity contribution in [3.8, 4) is 0 Å². The van der Waals surface area contributed by atoms with E-state index in [0.29, 0.717) is 5.02 Å². The molecule has 22 heavy (non-hydrogen) atoms. The Labute approximate surface area is 136 Å². The van der Waals surface area contributed by atoms with Gasteiger partial charge in [0.25, 0.3) is 0 Å². The lowest BCUT2D eigenvalue weighted by atomic mass is 9.93. The zero-order chi connectivity index (χ0) is 15.5. The summed E-state index contributed by atoms with van der Waals surface area (Å²) in [5.41, 5.74) is 0. The van der Waals surface area contributed by atoms with E-state index >= 15 is 0 Å². The van der Waals surface area contributed by atoms with E-state index in [1.54, 1.807) is 6.20 Å². The van der Waals surface area contributed by atoms with E-state index in [9.17, 15) is 4.79 Å². The van der Waals surface area contributed by atoms with Crippen molar-refractivity contribution in [2.24, 2.45) is 5.92 Å². The average Bonchev–Trinajstić information content (AvgIpc) is 2.55. The maximum Gasteiger partial charge on any atom is 0.228 e. The number of pyridine rings is 1. The largest absolute Gasteiger partial charge is 0.378 e. The molecular weight excluding hydrogens is 302 g/mol. The SMILES string of the molecule is CC1OCCCC1C(=O)N1CCN(c2ncccc2Cl)CC1. The molecule has 2 aliphatic rings. The standard InChI is InChI=1S/C16H22ClN3O2/c1-12-13(4-3-11-22-12)16(21)20-9-7-19(8-10-20)15-14(17)5-2-6-18-15/h2,5-6,12-13H,3-4,7-11H2,1H3. The predicted octanol–water partition coefficient (Wildman–Crippen LogP) is 2.20. The van der Waals surface area contributed by atoms with Crippen molar-refractivity contribution in [3.05, 3.63) is 23.4 Å². The Morgan fingerprint density at radius 1 is 1.36 bits per heavy atom. The van der Waals surface area contributed by atoms with Gasteiger partial charge in [-0.1, -0.05) is 11.6 Å². The fraction of sp³-hybridized carbons (Fsp3) is 0.625. The number of hydrogen-bond donors (Lipinski definition) is 0. The first kappa shape index (κ1) is 15.6. The van der Waals surface area contributed by atoms with Crippen molar-refractivity contribution >= 4 is 23.3 Å². The fourth-order valence-corrected chi connectivity index (χ4v) is 3.47. The fourth-order valence-electron chi connectivity index (χ4n) is 3.23. The Kier molecular flexibility index (Phi) is 4.84. The summed E-state index contributed by atoms with van der Waals surface area (Å²) in [6, 6.07) is 3.68. The Morgan fingerprint density at radius 2 is 2.14 bits per heavy atom. The summed E-state index contributed by atoms with van der Waals surface area (Å²) in [7, 11) is 0. The van der Waals surface area contributed by atoms with Gasteiger partial charge < -0.3 is 14.5 Å². The van der Waals surface area contributed by atoms with E-state index in [2.05, 4.69) is 9.88 Å². The lowest BCUT2D eigenvalue weighted by Crippen LogP contribution is -2.52. The van der Waals surface area contributed by atoms with Gasteiger partial charge in [-0.3, -0.25) is 4.79 Å². The minimum atomic E-state index is 0.0127. The normalized spacial score (nSPS) is 26.1. The molecule has 120 valence electrons. The number of carbonyl (C=O) groups is 1. The molecule has 2 fully saturated rings. The average molecular weight is 324 g/mol. The van der Waals surface area contributed by atoms with Crippen molar-refractivity contribution < 1.29 is 9.53 Å². The molecule has 1 aromatic heterocycles. The number of rotatable bonds is 2. The first-order valence-corrected chi connectivity index (χ1v) is 8.30. The Hall–Kier alpha value is -1.33. The second kappa shape index (κ2) is 6.84. The van der Waals surface area contributed by atoms with Gasteiger partial charge in [0.15, 0.2) is 0 Å². The summed E-state index contributed by atoms with van der Waals surface area (Å²) in [6.45, 7) is 5.75. The number of piperazine rings is 1. The van der Waals surface area contributed by atoms with Crippen molar-refractivity contribution in [2.45, 2.75) is 25.9 Å². The van der Waals surface area contributed by atoms with Crippen molar-refractivity contribution in [1.82, 2.24) is 9.88 Å². The number of hydrogen-bond acceptors (Lipinski definition) is 4. The van der Waals surface area contributed by atoms with Crippen LogP contribution in [0.4, 0.5) is 5.82 Å². The van der Waals surface area contributed by atoms with Gasteiger partial charge >= 0.3 is 0 Å². The summed E-state index contributed by atoms with van der Waals surface area (Å²) in [6.07, 6.45) is 3.69. The van der Waals surface area contributed by atoms with Crippen LogP contribution in [-0.4, -0.2) is 54.7 Å². The van der Waals surface area contributed by atoms with Crippen LogP contribution in [0, 0.1) is 5.92 Å². The molecule has 2 atom stereocenters. The van der Waals surface area contributed by atoms with Crippen LogP contribution in [0.3, 0.4) is 0 Å². The van der Waals surface area contributed by atoms with Crippen molar-refractivity contribution in [3.63, 3.8) is 0 Å². The molecule has 3 rings (SSSR count). The van der Waals surface area contributed by atoms with Gasteiger partial charge in [0.1, 0.15) is 5.82 Å². The second-order valence-corrected chi connectivity index (χ2v) is 6.35. The lowest BCUT2D eigenvalue weighted by molar-refractivity contribution is -0.144. The predicted molar refractivity (Wildman–Crippen MR) is 86.2 cm³/mol. The summed E-state index contributed by atoms with van der Waals surface area (Å²) < 4.78 is 5.62. The van der Waals surface area contributed by atoms with Crippen LogP contribution in [0.5, 0.6) is 0 Å². The van der Waals surface area contributed by atoms with Gasteiger partial charge in [-0.05, 0) is 31.9 Å². The maximum absolute atomic E-state index is 12.7. The third-order valence-electron chi connectivity index (χ3n) is 4.55. The molecule has 0 bridgehead atoms. The van der Waals surface area contributed by atoms with E-state index in [1.807, 2.05) is 24.0 Å². The summed E-state index contributed by atoms with van der Waals surface area (Å²) in [4.78, 5) is 21.1. The van der Waals surface area contributed by atoms with E-state index < -0.39 is 0 Å². The van der Waals surface area contributed by atoms with Crippen LogP contribution in [0.1, 0.15) is 19.8 Å². The molecule has 0 spiro atoms. The van der Waals surface area contributed by atoms with Gasteiger partial charge in [0.2, 0.25) is 5.91 Å². The zero-order valence-corrected chi connectivity index (χ0v) is 13.6. The van der Waals surface area contributed by atoms with Crippen molar-refractivity contribution in [2.75, 3.05) is 37.7 Å². The van der Waals surface area contributed by atoms with Crippen molar-refractivity contribution in [1.29, 1.82) is 0 Å². The molecule has 1 aromatic rings. The number of anilines is 1. The Bertz CT molecular complexity index is 532. The third-order valence-corrected chi connectivity index (χ3v) is 4.85. The van der Waals surface area contributed by atoms with Gasteiger partial charge in [-0.25, -0.2) is 4.98 Å². The van der Waals surface area contributed by atoms with E-state index in [0.717, 1.165) is 51.4 Å². The molecule has 2 aliphatic heterocycles. The van der Waals surface area contributed by atoms with E-state index in [4.69, 9.17) is 16.3 Å². The molecule has 5 nitrogen and oxygen atoms in total. The van der Waals surface area contributed by atoms with Crippen LogP contribution in [-0.2, 0) is 9.53 Å². The molecule has 0 radical (unpaired) electrons. The molecule has 1 amide bonds. The molecule has 0 aromatic carbocycles. The Balaban J connectivity index is 1.59. The zero-order valence-electron chi connectivity index (χ0n) is 12.9. The van der Waals surface area contributed by atoms with Crippen LogP contribution in [0.25, 0.3) is 0 Å². The molecule has 0 aliphatic carbocycles. The quantitative estimate of drug-likeness (QED) is 0.837. The monoisotopic (exact) mass is 323 g/mol. The van der Waals surface area contributed by atoms with Gasteiger partial charge in [-0.15, -0.1) is 0 Å². The number of amides is 1. The van der Waals surface area contributed by atoms with Gasteiger partial charge in [0, 0.05) is 39.0 Å². The van der Waals surface area contributed by atoms with E-state index in [1.165, 1.54) is 0 Å². The number of ether oxygens (including phenoxy) is 1. The maximum atomic E-state index is 12.7. The highest BCUT2D eigenvalue weighted by Gasteiger charge is 2.33. The summed E-state index contributed by atoms with van der Waals surface area (Å²) >= 11 is 6.20. The van der Waals surface area contributed by atoms with Gasteiger partial charge in [-0.2, -0.15) is 0 Å². The van der Waals surface area contributed by atoms with Crippen LogP contribution >= 0.6 is 11.6 Å². The first-order valence-electron chi connectivity index (χ1n) is 7.92. The number of aromatic nitrogens is 1. The van der Waals surface area contributed by atoms with Crippen LogP contribution in [0.2, 0.25) is 5.02 Å². The number of carbonyl (C=O) groups excluding carboxylic acids is 1. The highest BCUT2D eigenvalue weighted by molar-refractivity contribution is 6.32. The molecule has 3 heterocycles. The molecule has 2 unspecified atom stereocenters. The minimum absolute atomic E-state index is 0.0127. The molecule has 6 heteroatoms.